The summed E-state index contributed by atoms with van der Waals surface area (Å²) >= 11 is 1.58. The average Bonchev–Trinajstić information content (AvgIpc) is 3.23. The molecule has 2 N–H and O–H groups in total. The maximum atomic E-state index is 12.8. The second kappa shape index (κ2) is 8.84. The molecule has 0 aliphatic carbocycles. The third-order valence-electron chi connectivity index (χ3n) is 5.60. The molecule has 2 aromatic rings. The molecule has 2 aliphatic heterocycles. The molecule has 7 heteroatoms. The number of carbonyl (C=O) groups is 2. The number of anilines is 1. The van der Waals surface area contributed by atoms with E-state index in [0.717, 1.165) is 38.8 Å². The van der Waals surface area contributed by atoms with Crippen LogP contribution in [0.4, 0.5) is 5.13 Å². The van der Waals surface area contributed by atoms with Crippen LogP contribution in [0.5, 0.6) is 0 Å². The van der Waals surface area contributed by atoms with Gasteiger partial charge in [-0.15, -0.1) is 11.3 Å². The molecule has 0 radical (unpaired) electrons. The molecule has 1 aromatic carbocycles. The Morgan fingerprint density at radius 3 is 2.71 bits per heavy atom. The lowest BCUT2D eigenvalue weighted by atomic mass is 9.96. The predicted molar refractivity (Wildman–Crippen MR) is 111 cm³/mol. The monoisotopic (exact) mass is 398 g/mol. The minimum absolute atomic E-state index is 0.000503. The van der Waals surface area contributed by atoms with Crippen LogP contribution in [0.3, 0.4) is 0 Å². The molecule has 2 fully saturated rings. The highest BCUT2D eigenvalue weighted by Crippen LogP contribution is 2.32. The fraction of sp³-hybridized carbons (Fsp3) is 0.476. The first-order valence-corrected chi connectivity index (χ1v) is 10.8. The van der Waals surface area contributed by atoms with Crippen LogP contribution < -0.4 is 10.6 Å². The van der Waals surface area contributed by atoms with Gasteiger partial charge in [-0.25, -0.2) is 4.98 Å². The van der Waals surface area contributed by atoms with Crippen LogP contribution in [-0.4, -0.2) is 47.9 Å². The third kappa shape index (κ3) is 4.42. The van der Waals surface area contributed by atoms with Crippen molar-refractivity contribution in [3.8, 4) is 0 Å². The molecule has 148 valence electrons. The number of carbonyl (C=O) groups excluding carboxylic acids is 2. The lowest BCUT2D eigenvalue weighted by molar-refractivity contribution is -0.121. The summed E-state index contributed by atoms with van der Waals surface area (Å²) in [5.74, 6) is 0.322. The number of rotatable bonds is 4. The largest absolute Gasteiger partial charge is 0.338 e. The summed E-state index contributed by atoms with van der Waals surface area (Å²) in [7, 11) is 0. The molecule has 1 unspecified atom stereocenters. The first kappa shape index (κ1) is 19.1. The number of thiazole rings is 1. The van der Waals surface area contributed by atoms with Gasteiger partial charge < -0.3 is 15.5 Å². The van der Waals surface area contributed by atoms with Gasteiger partial charge in [-0.3, -0.25) is 9.59 Å². The molecule has 0 bridgehead atoms. The first-order chi connectivity index (χ1) is 13.7. The van der Waals surface area contributed by atoms with Crippen LogP contribution in [0, 0.1) is 5.92 Å². The fourth-order valence-electron chi connectivity index (χ4n) is 3.99. The standard InChI is InChI=1S/C21H26N4O2S/c26-19(24-21-23-13-18(28-21)15-8-10-22-11-9-15)17-7-4-12-25(14-17)20(27)16-5-2-1-3-6-16/h1-3,5-6,13,15,17,22H,4,7-12,14H2,(H,23,24,26). The molecule has 0 saturated carbocycles. The van der Waals surface area contributed by atoms with Crippen molar-refractivity contribution in [1.29, 1.82) is 0 Å². The Labute approximate surface area is 169 Å². The van der Waals surface area contributed by atoms with Gasteiger partial charge in [0.2, 0.25) is 5.91 Å². The van der Waals surface area contributed by atoms with Crippen molar-refractivity contribution in [2.45, 2.75) is 31.6 Å². The van der Waals surface area contributed by atoms with E-state index in [1.54, 1.807) is 16.2 Å². The summed E-state index contributed by atoms with van der Waals surface area (Å²) in [5, 5.41) is 7.03. The van der Waals surface area contributed by atoms with Crippen LogP contribution in [0.1, 0.15) is 46.8 Å². The molecule has 2 amide bonds. The lowest BCUT2D eigenvalue weighted by Crippen LogP contribution is -2.43. The second-order valence-corrected chi connectivity index (χ2v) is 8.60. The molecule has 0 spiro atoms. The van der Waals surface area contributed by atoms with Crippen LogP contribution >= 0.6 is 11.3 Å². The molecule has 4 rings (SSSR count). The SMILES string of the molecule is O=C(Nc1ncc(C2CCNCC2)s1)C1CCCN(C(=O)c2ccccc2)C1. The Bertz CT molecular complexity index is 817. The molecule has 1 aromatic heterocycles. The highest BCUT2D eigenvalue weighted by atomic mass is 32.1. The van der Waals surface area contributed by atoms with E-state index in [-0.39, 0.29) is 17.7 Å². The number of nitrogens with zero attached hydrogens (tertiary/aromatic N) is 2. The number of benzene rings is 1. The van der Waals surface area contributed by atoms with Crippen molar-refractivity contribution >= 4 is 28.3 Å². The highest BCUT2D eigenvalue weighted by Gasteiger charge is 2.29. The first-order valence-electron chi connectivity index (χ1n) is 10.0. The number of hydrogen-bond acceptors (Lipinski definition) is 5. The van der Waals surface area contributed by atoms with E-state index in [4.69, 9.17) is 0 Å². The normalized spacial score (nSPS) is 20.7. The molecule has 1 atom stereocenters. The van der Waals surface area contributed by atoms with Gasteiger partial charge in [-0.1, -0.05) is 18.2 Å². The van der Waals surface area contributed by atoms with E-state index in [9.17, 15) is 9.59 Å². The van der Waals surface area contributed by atoms with Crippen molar-refractivity contribution in [3.63, 3.8) is 0 Å². The Kier molecular flexibility index (Phi) is 6.02. The lowest BCUT2D eigenvalue weighted by Gasteiger charge is -2.32. The van der Waals surface area contributed by atoms with Crippen molar-refractivity contribution in [3.05, 3.63) is 47.0 Å². The molecule has 2 saturated heterocycles. The van der Waals surface area contributed by atoms with Crippen LogP contribution in [-0.2, 0) is 4.79 Å². The van der Waals surface area contributed by atoms with E-state index in [1.807, 2.05) is 36.5 Å². The minimum atomic E-state index is -0.187. The summed E-state index contributed by atoms with van der Waals surface area (Å²) < 4.78 is 0. The Morgan fingerprint density at radius 1 is 1.14 bits per heavy atom. The van der Waals surface area contributed by atoms with Crippen LogP contribution in [0.2, 0.25) is 0 Å². The van der Waals surface area contributed by atoms with Crippen molar-refractivity contribution in [2.75, 3.05) is 31.5 Å². The van der Waals surface area contributed by atoms with Gasteiger partial charge in [0, 0.05) is 29.7 Å². The van der Waals surface area contributed by atoms with Crippen LogP contribution in [0.25, 0.3) is 0 Å². The van der Waals surface area contributed by atoms with Crippen LogP contribution in [0.15, 0.2) is 36.5 Å². The number of hydrogen-bond donors (Lipinski definition) is 2. The van der Waals surface area contributed by atoms with Crippen molar-refractivity contribution < 1.29 is 9.59 Å². The maximum Gasteiger partial charge on any atom is 0.253 e. The maximum absolute atomic E-state index is 12.8. The zero-order valence-electron chi connectivity index (χ0n) is 15.9. The smallest absolute Gasteiger partial charge is 0.253 e. The fourth-order valence-corrected chi connectivity index (χ4v) is 4.97. The van der Waals surface area contributed by atoms with Gasteiger partial charge in [0.1, 0.15) is 0 Å². The van der Waals surface area contributed by atoms with E-state index in [1.165, 1.54) is 4.88 Å². The Hall–Kier alpha value is -2.25. The quantitative estimate of drug-likeness (QED) is 0.830. The number of aromatic nitrogens is 1. The predicted octanol–water partition coefficient (Wildman–Crippen LogP) is 3.10. The number of likely N-dealkylation sites (tertiary alicyclic amines) is 1. The van der Waals surface area contributed by atoms with Gasteiger partial charge in [-0.05, 0) is 56.8 Å². The van der Waals surface area contributed by atoms with E-state index < -0.39 is 0 Å². The number of nitrogens with one attached hydrogen (secondary N) is 2. The van der Waals surface area contributed by atoms with Crippen molar-refractivity contribution in [2.24, 2.45) is 5.92 Å². The second-order valence-electron chi connectivity index (χ2n) is 7.54. The highest BCUT2D eigenvalue weighted by molar-refractivity contribution is 7.15. The average molecular weight is 399 g/mol. The summed E-state index contributed by atoms with van der Waals surface area (Å²) in [6.07, 6.45) is 5.79. The molecule has 3 heterocycles. The zero-order chi connectivity index (χ0) is 19.3. The number of piperidine rings is 2. The Balaban J connectivity index is 1.35. The number of amides is 2. The van der Waals surface area contributed by atoms with Gasteiger partial charge in [0.15, 0.2) is 5.13 Å². The topological polar surface area (TPSA) is 74.3 Å². The summed E-state index contributed by atoms with van der Waals surface area (Å²) in [5.41, 5.74) is 0.676. The van der Waals surface area contributed by atoms with Crippen molar-refractivity contribution in [1.82, 2.24) is 15.2 Å². The zero-order valence-corrected chi connectivity index (χ0v) is 16.7. The van der Waals surface area contributed by atoms with Gasteiger partial charge in [0.05, 0.1) is 5.92 Å². The van der Waals surface area contributed by atoms with E-state index >= 15 is 0 Å². The minimum Gasteiger partial charge on any atom is -0.338 e. The van der Waals surface area contributed by atoms with Gasteiger partial charge in [0.25, 0.3) is 5.91 Å². The van der Waals surface area contributed by atoms with E-state index in [0.29, 0.717) is 29.7 Å². The molecule has 6 nitrogen and oxygen atoms in total. The molecular formula is C21H26N4O2S. The Morgan fingerprint density at radius 2 is 1.93 bits per heavy atom. The molecule has 2 aliphatic rings. The summed E-state index contributed by atoms with van der Waals surface area (Å²) in [6.45, 7) is 3.25. The van der Waals surface area contributed by atoms with Gasteiger partial charge in [-0.2, -0.15) is 0 Å². The molecular weight excluding hydrogens is 372 g/mol. The van der Waals surface area contributed by atoms with Gasteiger partial charge >= 0.3 is 0 Å². The summed E-state index contributed by atoms with van der Waals surface area (Å²) in [4.78, 5) is 32.9. The summed E-state index contributed by atoms with van der Waals surface area (Å²) in [6, 6.07) is 9.27. The third-order valence-corrected chi connectivity index (χ3v) is 6.67. The van der Waals surface area contributed by atoms with E-state index in [2.05, 4.69) is 15.6 Å². The molecule has 28 heavy (non-hydrogen) atoms.